The molecule has 2 fully saturated rings. The summed E-state index contributed by atoms with van der Waals surface area (Å²) in [5.41, 5.74) is 2.98. The van der Waals surface area contributed by atoms with E-state index < -0.39 is 0 Å². The molecule has 0 amide bonds. The SMILES string of the molecule is CC.CC.CCC1=C(C)COCC2C3CC[C@@H](CN12)N3. The van der Waals surface area contributed by atoms with E-state index in [9.17, 15) is 0 Å². The Kier molecular flexibility index (Phi) is 7.60. The first kappa shape index (κ1) is 17.5. The zero-order valence-electron chi connectivity index (χ0n) is 14.3. The molecule has 0 saturated carbocycles. The van der Waals surface area contributed by atoms with Gasteiger partial charge in [-0.2, -0.15) is 0 Å². The molecule has 0 aromatic heterocycles. The maximum Gasteiger partial charge on any atom is 0.0694 e. The molecule has 3 nitrogen and oxygen atoms in total. The summed E-state index contributed by atoms with van der Waals surface area (Å²) in [5.74, 6) is 0. The van der Waals surface area contributed by atoms with Gasteiger partial charge in [-0.25, -0.2) is 0 Å². The Morgan fingerprint density at radius 3 is 2.55 bits per heavy atom. The topological polar surface area (TPSA) is 24.5 Å². The molecular weight excluding hydrogens is 248 g/mol. The third kappa shape index (κ3) is 3.56. The summed E-state index contributed by atoms with van der Waals surface area (Å²) in [6, 6.07) is 1.95. The molecule has 20 heavy (non-hydrogen) atoms. The highest BCUT2D eigenvalue weighted by Gasteiger charge is 2.41. The molecule has 3 aliphatic rings. The van der Waals surface area contributed by atoms with Gasteiger partial charge in [-0.05, 0) is 31.8 Å². The number of ether oxygens (including phenoxy) is 1. The molecule has 3 rings (SSSR count). The van der Waals surface area contributed by atoms with Crippen LogP contribution in [0.3, 0.4) is 0 Å². The van der Waals surface area contributed by atoms with Gasteiger partial charge in [0.15, 0.2) is 0 Å². The fourth-order valence-electron chi connectivity index (χ4n) is 3.57. The summed E-state index contributed by atoms with van der Waals surface area (Å²) in [6.07, 6.45) is 3.81. The third-order valence-electron chi connectivity index (χ3n) is 4.34. The number of hydrogen-bond donors (Lipinski definition) is 1. The summed E-state index contributed by atoms with van der Waals surface area (Å²) in [7, 11) is 0. The van der Waals surface area contributed by atoms with Crippen molar-refractivity contribution in [1.82, 2.24) is 10.2 Å². The molecule has 118 valence electrons. The molecule has 0 aromatic carbocycles. The van der Waals surface area contributed by atoms with Gasteiger partial charge in [0.1, 0.15) is 0 Å². The van der Waals surface area contributed by atoms with Gasteiger partial charge in [-0.1, -0.05) is 34.6 Å². The molecule has 3 heteroatoms. The van der Waals surface area contributed by atoms with Gasteiger partial charge in [-0.3, -0.25) is 0 Å². The highest BCUT2D eigenvalue weighted by Crippen LogP contribution is 2.32. The van der Waals surface area contributed by atoms with Gasteiger partial charge in [-0.15, -0.1) is 0 Å². The van der Waals surface area contributed by atoms with Gasteiger partial charge < -0.3 is 15.0 Å². The van der Waals surface area contributed by atoms with Crippen molar-refractivity contribution in [3.05, 3.63) is 11.3 Å². The fourth-order valence-corrected chi connectivity index (χ4v) is 3.57. The number of allylic oxidation sites excluding steroid dienone is 1. The zero-order valence-corrected chi connectivity index (χ0v) is 14.3. The Morgan fingerprint density at radius 2 is 1.90 bits per heavy atom. The van der Waals surface area contributed by atoms with Gasteiger partial charge in [0.25, 0.3) is 0 Å². The monoisotopic (exact) mass is 282 g/mol. The average Bonchev–Trinajstić information content (AvgIpc) is 2.81. The van der Waals surface area contributed by atoms with Crippen LogP contribution in [0.4, 0.5) is 0 Å². The van der Waals surface area contributed by atoms with Crippen LogP contribution >= 0.6 is 0 Å². The van der Waals surface area contributed by atoms with Crippen LogP contribution in [-0.2, 0) is 4.74 Å². The van der Waals surface area contributed by atoms with Crippen LogP contribution in [0, 0.1) is 0 Å². The average molecular weight is 282 g/mol. The minimum Gasteiger partial charge on any atom is -0.375 e. The number of fused-ring (bicyclic) bond motifs is 4. The van der Waals surface area contributed by atoms with Crippen LogP contribution in [0.15, 0.2) is 11.3 Å². The molecule has 3 aliphatic heterocycles. The number of rotatable bonds is 1. The van der Waals surface area contributed by atoms with Crippen molar-refractivity contribution in [3.8, 4) is 0 Å². The van der Waals surface area contributed by atoms with Crippen LogP contribution < -0.4 is 5.32 Å². The second-order valence-corrected chi connectivity index (χ2v) is 5.36. The lowest BCUT2D eigenvalue weighted by molar-refractivity contribution is 0.0672. The van der Waals surface area contributed by atoms with E-state index in [4.69, 9.17) is 4.74 Å². The van der Waals surface area contributed by atoms with Crippen LogP contribution in [0.1, 0.15) is 60.8 Å². The van der Waals surface area contributed by atoms with Crippen LogP contribution in [0.25, 0.3) is 0 Å². The van der Waals surface area contributed by atoms with Crippen molar-refractivity contribution in [2.75, 3.05) is 19.8 Å². The molecule has 2 bridgehead atoms. The normalized spacial score (nSPS) is 31.5. The van der Waals surface area contributed by atoms with E-state index >= 15 is 0 Å². The number of hydrogen-bond acceptors (Lipinski definition) is 3. The van der Waals surface area contributed by atoms with E-state index in [0.29, 0.717) is 18.1 Å². The first-order chi connectivity index (χ1) is 9.79. The quantitative estimate of drug-likeness (QED) is 0.796. The standard InChI is InChI=1S/C13H22N2O.2C2H6/c1-3-12-9(2)7-16-8-13-11-5-4-10(14-11)6-15(12)13;2*1-2/h10-11,13-14H,3-8H2,1-2H3;2*1-2H3/t10-,11?,13?;;/m0../s1. The number of nitrogens with zero attached hydrogens (tertiary/aromatic N) is 1. The fraction of sp³-hybridized carbons (Fsp3) is 0.882. The van der Waals surface area contributed by atoms with Gasteiger partial charge in [0.05, 0.1) is 19.3 Å². The largest absolute Gasteiger partial charge is 0.375 e. The number of piperazine rings is 1. The molecule has 0 spiro atoms. The Bertz CT molecular complexity index is 314. The second kappa shape index (κ2) is 8.68. The smallest absolute Gasteiger partial charge is 0.0694 e. The molecule has 0 radical (unpaired) electrons. The number of nitrogens with one attached hydrogen (secondary N) is 1. The Hall–Kier alpha value is -0.540. The predicted molar refractivity (Wildman–Crippen MR) is 86.9 cm³/mol. The van der Waals surface area contributed by atoms with Crippen molar-refractivity contribution in [2.24, 2.45) is 0 Å². The maximum absolute atomic E-state index is 5.82. The van der Waals surface area contributed by atoms with E-state index in [-0.39, 0.29) is 0 Å². The predicted octanol–water partition coefficient (Wildman–Crippen LogP) is 3.56. The summed E-state index contributed by atoms with van der Waals surface area (Å²) in [4.78, 5) is 2.64. The Balaban J connectivity index is 0.000000461. The van der Waals surface area contributed by atoms with Crippen molar-refractivity contribution in [1.29, 1.82) is 0 Å². The highest BCUT2D eigenvalue weighted by molar-refractivity contribution is 5.18. The maximum atomic E-state index is 5.82. The Labute approximate surface area is 125 Å². The van der Waals surface area contributed by atoms with E-state index in [2.05, 4.69) is 24.1 Å². The molecule has 2 unspecified atom stereocenters. The van der Waals surface area contributed by atoms with Crippen molar-refractivity contribution >= 4 is 0 Å². The lowest BCUT2D eigenvalue weighted by atomic mass is 10.0. The molecule has 3 atom stereocenters. The second-order valence-electron chi connectivity index (χ2n) is 5.36. The lowest BCUT2D eigenvalue weighted by Gasteiger charge is -2.42. The van der Waals surface area contributed by atoms with Crippen molar-refractivity contribution in [3.63, 3.8) is 0 Å². The van der Waals surface area contributed by atoms with E-state index in [1.165, 1.54) is 25.0 Å². The van der Waals surface area contributed by atoms with Gasteiger partial charge >= 0.3 is 0 Å². The Morgan fingerprint density at radius 1 is 1.20 bits per heavy atom. The molecule has 2 saturated heterocycles. The lowest BCUT2D eigenvalue weighted by Crippen LogP contribution is -2.58. The first-order valence-corrected chi connectivity index (χ1v) is 8.58. The van der Waals surface area contributed by atoms with Crippen LogP contribution in [0.5, 0.6) is 0 Å². The summed E-state index contributed by atoms with van der Waals surface area (Å²) in [5, 5.41) is 3.73. The van der Waals surface area contributed by atoms with E-state index in [1.54, 1.807) is 5.70 Å². The summed E-state index contributed by atoms with van der Waals surface area (Å²) < 4.78 is 5.82. The highest BCUT2D eigenvalue weighted by atomic mass is 16.5. The van der Waals surface area contributed by atoms with E-state index in [1.807, 2.05) is 27.7 Å². The van der Waals surface area contributed by atoms with Gasteiger partial charge in [0.2, 0.25) is 0 Å². The van der Waals surface area contributed by atoms with Gasteiger partial charge in [0, 0.05) is 24.3 Å². The molecule has 0 aliphatic carbocycles. The molecule has 1 N–H and O–H groups in total. The molecule has 0 aromatic rings. The zero-order chi connectivity index (χ0) is 15.1. The summed E-state index contributed by atoms with van der Waals surface area (Å²) in [6.45, 7) is 15.4. The van der Waals surface area contributed by atoms with E-state index in [0.717, 1.165) is 19.6 Å². The van der Waals surface area contributed by atoms with Crippen LogP contribution in [0.2, 0.25) is 0 Å². The molecular formula is C17H34N2O. The van der Waals surface area contributed by atoms with Crippen molar-refractivity contribution < 1.29 is 4.74 Å². The van der Waals surface area contributed by atoms with Crippen molar-refractivity contribution in [2.45, 2.75) is 78.9 Å². The third-order valence-corrected chi connectivity index (χ3v) is 4.34. The minimum atomic E-state index is 0.575. The van der Waals surface area contributed by atoms with Crippen LogP contribution in [-0.4, -0.2) is 42.8 Å². The molecule has 3 heterocycles. The first-order valence-electron chi connectivity index (χ1n) is 8.58. The minimum absolute atomic E-state index is 0.575. The summed E-state index contributed by atoms with van der Waals surface area (Å²) >= 11 is 0.